The number of rotatable bonds is 6. The summed E-state index contributed by atoms with van der Waals surface area (Å²) >= 11 is 2.01. The van der Waals surface area contributed by atoms with E-state index in [9.17, 15) is 4.79 Å². The van der Waals surface area contributed by atoms with Crippen molar-refractivity contribution in [2.75, 3.05) is 11.1 Å². The number of hydrogen-bond acceptors (Lipinski definition) is 3. The number of carbonyl (C=O) groups is 1. The van der Waals surface area contributed by atoms with Gasteiger partial charge < -0.3 is 5.32 Å². The van der Waals surface area contributed by atoms with Crippen LogP contribution in [-0.4, -0.2) is 16.9 Å². The fraction of sp³-hybridized carbons (Fsp3) is 0.500. The fourth-order valence-corrected chi connectivity index (χ4v) is 3.75. The van der Waals surface area contributed by atoms with Gasteiger partial charge in [-0.1, -0.05) is 25.0 Å². The first-order chi connectivity index (χ1) is 9.79. The summed E-state index contributed by atoms with van der Waals surface area (Å²) in [5, 5.41) is 12.6. The van der Waals surface area contributed by atoms with E-state index in [0.29, 0.717) is 17.7 Å². The molecule has 4 heteroatoms. The summed E-state index contributed by atoms with van der Waals surface area (Å²) in [6.45, 7) is 0. The second-order valence-corrected chi connectivity index (χ2v) is 6.49. The Labute approximate surface area is 124 Å². The van der Waals surface area contributed by atoms with E-state index < -0.39 is 0 Å². The van der Waals surface area contributed by atoms with Gasteiger partial charge >= 0.3 is 0 Å². The molecule has 106 valence electrons. The number of amides is 1. The smallest absolute Gasteiger partial charge is 0.224 e. The van der Waals surface area contributed by atoms with E-state index >= 15 is 0 Å². The summed E-state index contributed by atoms with van der Waals surface area (Å²) in [6, 6.07) is 9.19. The van der Waals surface area contributed by atoms with Crippen molar-refractivity contribution in [2.24, 2.45) is 0 Å². The molecule has 1 N–H and O–H groups in total. The van der Waals surface area contributed by atoms with Crippen LogP contribution in [0.2, 0.25) is 0 Å². The van der Waals surface area contributed by atoms with Crippen LogP contribution in [0.15, 0.2) is 24.3 Å². The standard InChI is InChI=1S/C16H20N2OS/c17-12-13-6-1-4-9-15(13)18-16(19)10-5-11-20-14-7-2-3-8-14/h1,4,6,9,14H,2-3,5,7-8,10-11H2,(H,18,19). The molecule has 1 saturated carbocycles. The molecule has 0 atom stereocenters. The van der Waals surface area contributed by atoms with E-state index in [1.807, 2.05) is 17.8 Å². The summed E-state index contributed by atoms with van der Waals surface area (Å²) in [6.07, 6.45) is 6.84. The van der Waals surface area contributed by atoms with Crippen LogP contribution < -0.4 is 5.32 Å². The second-order valence-electron chi connectivity index (χ2n) is 5.09. The van der Waals surface area contributed by atoms with Gasteiger partial charge in [0.25, 0.3) is 0 Å². The zero-order valence-corrected chi connectivity index (χ0v) is 12.4. The topological polar surface area (TPSA) is 52.9 Å². The molecule has 1 aromatic rings. The Balaban J connectivity index is 1.68. The van der Waals surface area contributed by atoms with Crippen LogP contribution in [0.4, 0.5) is 5.69 Å². The quantitative estimate of drug-likeness (QED) is 0.806. The minimum absolute atomic E-state index is 0.000257. The third-order valence-electron chi connectivity index (χ3n) is 3.53. The number of thioether (sulfide) groups is 1. The third-order valence-corrected chi connectivity index (χ3v) is 4.99. The van der Waals surface area contributed by atoms with Gasteiger partial charge in [-0.25, -0.2) is 0 Å². The molecule has 20 heavy (non-hydrogen) atoms. The summed E-state index contributed by atoms with van der Waals surface area (Å²) < 4.78 is 0. The lowest BCUT2D eigenvalue weighted by Crippen LogP contribution is -2.12. The van der Waals surface area contributed by atoms with Gasteiger partial charge in [0.1, 0.15) is 6.07 Å². The van der Waals surface area contributed by atoms with E-state index in [0.717, 1.165) is 17.4 Å². The van der Waals surface area contributed by atoms with Crippen molar-refractivity contribution >= 4 is 23.4 Å². The molecule has 0 aromatic heterocycles. The molecular formula is C16H20N2OS. The molecule has 1 amide bonds. The molecule has 3 nitrogen and oxygen atoms in total. The number of hydrogen-bond donors (Lipinski definition) is 1. The second kappa shape index (κ2) is 7.96. The first kappa shape index (κ1) is 14.9. The maximum atomic E-state index is 11.8. The summed E-state index contributed by atoms with van der Waals surface area (Å²) in [7, 11) is 0. The molecule has 0 spiro atoms. The van der Waals surface area contributed by atoms with Crippen LogP contribution in [0.5, 0.6) is 0 Å². The lowest BCUT2D eigenvalue weighted by atomic mass is 10.2. The monoisotopic (exact) mass is 288 g/mol. The minimum atomic E-state index is -0.000257. The Morgan fingerprint density at radius 2 is 2.10 bits per heavy atom. The Kier molecular flexibility index (Phi) is 5.94. The van der Waals surface area contributed by atoms with Gasteiger partial charge in [-0.3, -0.25) is 4.79 Å². The van der Waals surface area contributed by atoms with Crippen molar-refractivity contribution in [1.82, 2.24) is 0 Å². The van der Waals surface area contributed by atoms with Crippen molar-refractivity contribution < 1.29 is 4.79 Å². The van der Waals surface area contributed by atoms with Gasteiger partial charge in [0.15, 0.2) is 0 Å². The van der Waals surface area contributed by atoms with Gasteiger partial charge in [0, 0.05) is 11.7 Å². The highest BCUT2D eigenvalue weighted by Gasteiger charge is 2.15. The lowest BCUT2D eigenvalue weighted by Gasteiger charge is -2.09. The molecule has 1 aliphatic rings. The molecule has 1 fully saturated rings. The maximum Gasteiger partial charge on any atom is 0.224 e. The number of para-hydroxylation sites is 1. The van der Waals surface area contributed by atoms with Crippen LogP contribution in [0, 0.1) is 11.3 Å². The van der Waals surface area contributed by atoms with Gasteiger partial charge in [0.2, 0.25) is 5.91 Å². The maximum absolute atomic E-state index is 11.8. The molecule has 0 bridgehead atoms. The summed E-state index contributed by atoms with van der Waals surface area (Å²) in [4.78, 5) is 11.8. The minimum Gasteiger partial charge on any atom is -0.325 e. The number of nitriles is 1. The summed E-state index contributed by atoms with van der Waals surface area (Å²) in [5.41, 5.74) is 1.13. The lowest BCUT2D eigenvalue weighted by molar-refractivity contribution is -0.116. The van der Waals surface area contributed by atoms with Gasteiger partial charge in [-0.15, -0.1) is 0 Å². The van der Waals surface area contributed by atoms with Crippen molar-refractivity contribution in [3.8, 4) is 6.07 Å². The van der Waals surface area contributed by atoms with Gasteiger partial charge in [0.05, 0.1) is 11.3 Å². The zero-order chi connectivity index (χ0) is 14.2. The molecule has 2 rings (SSSR count). The highest BCUT2D eigenvalue weighted by atomic mass is 32.2. The molecule has 0 heterocycles. The van der Waals surface area contributed by atoms with Gasteiger partial charge in [-0.05, 0) is 37.1 Å². The first-order valence-electron chi connectivity index (χ1n) is 7.20. The number of nitrogens with one attached hydrogen (secondary N) is 1. The van der Waals surface area contributed by atoms with E-state index in [1.165, 1.54) is 25.7 Å². The molecule has 1 aromatic carbocycles. The molecule has 0 unspecified atom stereocenters. The predicted molar refractivity (Wildman–Crippen MR) is 83.7 cm³/mol. The highest BCUT2D eigenvalue weighted by Crippen LogP contribution is 2.29. The third kappa shape index (κ3) is 4.57. The normalized spacial score (nSPS) is 14.9. The molecular weight excluding hydrogens is 268 g/mol. The Hall–Kier alpha value is -1.47. The van der Waals surface area contributed by atoms with E-state index in [-0.39, 0.29) is 5.91 Å². The van der Waals surface area contributed by atoms with Crippen molar-refractivity contribution in [1.29, 1.82) is 5.26 Å². The van der Waals surface area contributed by atoms with Crippen LogP contribution in [0.25, 0.3) is 0 Å². The van der Waals surface area contributed by atoms with Crippen molar-refractivity contribution in [2.45, 2.75) is 43.8 Å². The number of anilines is 1. The highest BCUT2D eigenvalue weighted by molar-refractivity contribution is 7.99. The van der Waals surface area contributed by atoms with Crippen LogP contribution in [0.3, 0.4) is 0 Å². The number of nitrogens with zero attached hydrogens (tertiary/aromatic N) is 1. The molecule has 0 saturated heterocycles. The molecule has 1 aliphatic carbocycles. The largest absolute Gasteiger partial charge is 0.325 e. The van der Waals surface area contributed by atoms with Gasteiger partial charge in [-0.2, -0.15) is 17.0 Å². The fourth-order valence-electron chi connectivity index (χ4n) is 2.44. The first-order valence-corrected chi connectivity index (χ1v) is 8.25. The molecule has 0 aliphatic heterocycles. The van der Waals surface area contributed by atoms with Crippen LogP contribution >= 0.6 is 11.8 Å². The zero-order valence-electron chi connectivity index (χ0n) is 11.6. The van der Waals surface area contributed by atoms with Crippen LogP contribution in [0.1, 0.15) is 44.1 Å². The van der Waals surface area contributed by atoms with Crippen molar-refractivity contribution in [3.63, 3.8) is 0 Å². The Bertz CT molecular complexity index is 489. The number of carbonyl (C=O) groups excluding carboxylic acids is 1. The van der Waals surface area contributed by atoms with E-state index in [1.54, 1.807) is 18.2 Å². The number of benzene rings is 1. The SMILES string of the molecule is N#Cc1ccccc1NC(=O)CCCSC1CCCC1. The Morgan fingerprint density at radius 1 is 1.35 bits per heavy atom. The average molecular weight is 288 g/mol. The average Bonchev–Trinajstić information content (AvgIpc) is 2.97. The Morgan fingerprint density at radius 3 is 2.85 bits per heavy atom. The van der Waals surface area contributed by atoms with E-state index in [2.05, 4.69) is 11.4 Å². The molecule has 0 radical (unpaired) electrons. The van der Waals surface area contributed by atoms with Crippen LogP contribution in [-0.2, 0) is 4.79 Å². The summed E-state index contributed by atoms with van der Waals surface area (Å²) in [5.74, 6) is 1.05. The van der Waals surface area contributed by atoms with E-state index in [4.69, 9.17) is 5.26 Å². The van der Waals surface area contributed by atoms with Crippen molar-refractivity contribution in [3.05, 3.63) is 29.8 Å². The predicted octanol–water partition coefficient (Wildman–Crippen LogP) is 3.95.